The first-order valence-corrected chi connectivity index (χ1v) is 10.6. The van der Waals surface area contributed by atoms with E-state index in [1.807, 2.05) is 61.1 Å². The van der Waals surface area contributed by atoms with Gasteiger partial charge in [0.15, 0.2) is 0 Å². The van der Waals surface area contributed by atoms with Crippen LogP contribution >= 0.6 is 0 Å². The van der Waals surface area contributed by atoms with Crippen molar-refractivity contribution in [2.24, 2.45) is 0 Å². The normalized spacial score (nSPS) is 15.0. The predicted molar refractivity (Wildman–Crippen MR) is 120 cm³/mol. The fraction of sp³-hybridized carbons (Fsp3) is 0.280. The van der Waals surface area contributed by atoms with Crippen molar-refractivity contribution in [3.05, 3.63) is 83.2 Å². The average Bonchev–Trinajstić information content (AvgIpc) is 3.40. The van der Waals surface area contributed by atoms with Gasteiger partial charge in [-0.25, -0.2) is 0 Å². The Morgan fingerprint density at radius 1 is 1.29 bits per heavy atom. The van der Waals surface area contributed by atoms with E-state index >= 15 is 0 Å². The van der Waals surface area contributed by atoms with Gasteiger partial charge in [0, 0.05) is 42.6 Å². The van der Waals surface area contributed by atoms with Crippen LogP contribution < -0.4 is 14.8 Å². The van der Waals surface area contributed by atoms with Crippen LogP contribution in [-0.2, 0) is 24.3 Å². The van der Waals surface area contributed by atoms with Crippen molar-refractivity contribution in [3.8, 4) is 11.5 Å². The van der Waals surface area contributed by atoms with E-state index in [-0.39, 0.29) is 12.0 Å². The molecule has 3 aromatic rings. The molecule has 1 unspecified atom stereocenters. The number of amides is 1. The van der Waals surface area contributed by atoms with Crippen molar-refractivity contribution in [2.75, 3.05) is 6.61 Å². The number of nitrogens with zero attached hydrogens (tertiary/aromatic N) is 2. The number of carbonyl (C=O) groups excluding carboxylic acids is 1. The van der Waals surface area contributed by atoms with E-state index in [0.717, 1.165) is 40.2 Å². The third kappa shape index (κ3) is 5.15. The smallest absolute Gasteiger partial charge is 0.244 e. The van der Waals surface area contributed by atoms with Gasteiger partial charge in [-0.1, -0.05) is 24.3 Å². The van der Waals surface area contributed by atoms with Crippen molar-refractivity contribution in [1.82, 2.24) is 15.1 Å². The van der Waals surface area contributed by atoms with Crippen LogP contribution in [0.15, 0.2) is 60.9 Å². The number of benzene rings is 2. The molecule has 2 heterocycles. The quantitative estimate of drug-likeness (QED) is 0.563. The SMILES string of the molecule is CCOc1cc2c(cc1/C=C/C(=O)NCc1ccccc1Cn1cccn1)OC(C)C2. The second-order valence-electron chi connectivity index (χ2n) is 7.59. The van der Waals surface area contributed by atoms with Gasteiger partial charge in [0.1, 0.15) is 17.6 Å². The molecule has 0 saturated carbocycles. The Morgan fingerprint density at radius 3 is 2.90 bits per heavy atom. The molecule has 160 valence electrons. The van der Waals surface area contributed by atoms with Crippen LogP contribution in [0.5, 0.6) is 11.5 Å². The van der Waals surface area contributed by atoms with Crippen molar-refractivity contribution in [2.45, 2.75) is 39.5 Å². The lowest BCUT2D eigenvalue weighted by Crippen LogP contribution is -2.21. The summed E-state index contributed by atoms with van der Waals surface area (Å²) < 4.78 is 13.5. The molecule has 6 heteroatoms. The number of hydrogen-bond acceptors (Lipinski definition) is 4. The first-order chi connectivity index (χ1) is 15.1. The number of nitrogens with one attached hydrogen (secondary N) is 1. The number of aromatic nitrogens is 2. The van der Waals surface area contributed by atoms with E-state index < -0.39 is 0 Å². The summed E-state index contributed by atoms with van der Waals surface area (Å²) in [6, 6.07) is 13.9. The van der Waals surface area contributed by atoms with E-state index in [1.165, 1.54) is 0 Å². The molecular formula is C25H27N3O3. The molecule has 1 atom stereocenters. The number of hydrogen-bond donors (Lipinski definition) is 1. The lowest BCUT2D eigenvalue weighted by Gasteiger charge is -2.11. The summed E-state index contributed by atoms with van der Waals surface area (Å²) in [6.45, 7) is 5.68. The standard InChI is InChI=1S/C25H27N3O3/c1-3-30-23-15-22-13-18(2)31-24(22)14-19(23)9-10-25(29)26-16-20-7-4-5-8-21(20)17-28-12-6-11-27-28/h4-12,14-15,18H,3,13,16-17H2,1-2H3,(H,26,29)/b10-9+. The molecule has 6 nitrogen and oxygen atoms in total. The summed E-state index contributed by atoms with van der Waals surface area (Å²) in [5, 5.41) is 7.23. The fourth-order valence-electron chi connectivity index (χ4n) is 3.73. The zero-order valence-corrected chi connectivity index (χ0v) is 17.9. The summed E-state index contributed by atoms with van der Waals surface area (Å²) >= 11 is 0. The summed E-state index contributed by atoms with van der Waals surface area (Å²) in [5.41, 5.74) is 4.17. The minimum absolute atomic E-state index is 0.161. The van der Waals surface area contributed by atoms with Gasteiger partial charge < -0.3 is 14.8 Å². The molecule has 1 aliphatic heterocycles. The Morgan fingerprint density at radius 2 is 2.13 bits per heavy atom. The molecule has 4 rings (SSSR count). The Balaban J connectivity index is 1.42. The van der Waals surface area contributed by atoms with E-state index in [1.54, 1.807) is 18.3 Å². The maximum Gasteiger partial charge on any atom is 0.244 e. The van der Waals surface area contributed by atoms with Crippen LogP contribution in [0.1, 0.15) is 36.1 Å². The zero-order chi connectivity index (χ0) is 21.6. The average molecular weight is 418 g/mol. The second kappa shape index (κ2) is 9.51. The zero-order valence-electron chi connectivity index (χ0n) is 17.9. The summed E-state index contributed by atoms with van der Waals surface area (Å²) in [7, 11) is 0. The van der Waals surface area contributed by atoms with Gasteiger partial charge in [0.2, 0.25) is 5.91 Å². The van der Waals surface area contributed by atoms with Gasteiger partial charge in [0.05, 0.1) is 13.2 Å². The van der Waals surface area contributed by atoms with Crippen LogP contribution in [0, 0.1) is 0 Å². The lowest BCUT2D eigenvalue weighted by atomic mass is 10.1. The van der Waals surface area contributed by atoms with Crippen molar-refractivity contribution in [1.29, 1.82) is 0 Å². The van der Waals surface area contributed by atoms with Crippen molar-refractivity contribution in [3.63, 3.8) is 0 Å². The Bertz CT molecular complexity index is 1070. The van der Waals surface area contributed by atoms with Crippen LogP contribution in [0.4, 0.5) is 0 Å². The number of rotatable bonds is 8. The van der Waals surface area contributed by atoms with Crippen LogP contribution in [0.2, 0.25) is 0 Å². The molecule has 1 N–H and O–H groups in total. The van der Waals surface area contributed by atoms with E-state index in [0.29, 0.717) is 19.7 Å². The molecule has 0 aliphatic carbocycles. The first-order valence-electron chi connectivity index (χ1n) is 10.6. The first kappa shape index (κ1) is 20.7. The minimum atomic E-state index is -0.161. The second-order valence-corrected chi connectivity index (χ2v) is 7.59. The van der Waals surface area contributed by atoms with Gasteiger partial charge in [-0.15, -0.1) is 0 Å². The molecule has 0 spiro atoms. The largest absolute Gasteiger partial charge is 0.493 e. The predicted octanol–water partition coefficient (Wildman–Crippen LogP) is 3.98. The highest BCUT2D eigenvalue weighted by atomic mass is 16.5. The molecule has 2 aromatic carbocycles. The lowest BCUT2D eigenvalue weighted by molar-refractivity contribution is -0.116. The van der Waals surface area contributed by atoms with Crippen LogP contribution in [0.3, 0.4) is 0 Å². The Kier molecular flexibility index (Phi) is 6.36. The third-order valence-electron chi connectivity index (χ3n) is 5.21. The van der Waals surface area contributed by atoms with Gasteiger partial charge in [0.25, 0.3) is 0 Å². The van der Waals surface area contributed by atoms with Crippen molar-refractivity contribution < 1.29 is 14.3 Å². The van der Waals surface area contributed by atoms with Gasteiger partial charge in [-0.2, -0.15) is 5.10 Å². The van der Waals surface area contributed by atoms with Crippen molar-refractivity contribution >= 4 is 12.0 Å². The van der Waals surface area contributed by atoms with Gasteiger partial charge in [-0.05, 0) is 49.2 Å². The summed E-state index contributed by atoms with van der Waals surface area (Å²) in [6.07, 6.45) is 8.04. The number of ether oxygens (including phenoxy) is 2. The van der Waals surface area contributed by atoms with Gasteiger partial charge >= 0.3 is 0 Å². The topological polar surface area (TPSA) is 65.4 Å². The molecule has 0 fully saturated rings. The molecule has 1 aliphatic rings. The minimum Gasteiger partial charge on any atom is -0.493 e. The highest BCUT2D eigenvalue weighted by Gasteiger charge is 2.21. The molecule has 31 heavy (non-hydrogen) atoms. The molecule has 0 radical (unpaired) electrons. The summed E-state index contributed by atoms with van der Waals surface area (Å²) in [4.78, 5) is 12.5. The third-order valence-corrected chi connectivity index (χ3v) is 5.21. The van der Waals surface area contributed by atoms with Crippen LogP contribution in [0.25, 0.3) is 6.08 Å². The fourth-order valence-corrected chi connectivity index (χ4v) is 3.73. The molecule has 1 aromatic heterocycles. The molecule has 1 amide bonds. The number of carbonyl (C=O) groups is 1. The highest BCUT2D eigenvalue weighted by Crippen LogP contribution is 2.35. The van der Waals surface area contributed by atoms with E-state index in [9.17, 15) is 4.79 Å². The highest BCUT2D eigenvalue weighted by molar-refractivity contribution is 5.92. The maximum atomic E-state index is 12.5. The number of fused-ring (bicyclic) bond motifs is 1. The van der Waals surface area contributed by atoms with Crippen LogP contribution in [-0.4, -0.2) is 28.4 Å². The molecule has 0 bridgehead atoms. The Hall–Kier alpha value is -3.54. The molecular weight excluding hydrogens is 390 g/mol. The monoisotopic (exact) mass is 417 g/mol. The van der Waals surface area contributed by atoms with E-state index in [2.05, 4.69) is 16.5 Å². The van der Waals surface area contributed by atoms with Gasteiger partial charge in [-0.3, -0.25) is 9.48 Å². The summed E-state index contributed by atoms with van der Waals surface area (Å²) in [5.74, 6) is 1.47. The van der Waals surface area contributed by atoms with E-state index in [4.69, 9.17) is 9.47 Å². The maximum absolute atomic E-state index is 12.5. The molecule has 0 saturated heterocycles. The Labute approximate surface area is 182 Å².